The summed E-state index contributed by atoms with van der Waals surface area (Å²) in [5.74, 6) is -0.0841. The minimum absolute atomic E-state index is 0.0841. The van der Waals surface area contributed by atoms with E-state index in [-0.39, 0.29) is 5.91 Å². The molecule has 0 spiro atoms. The van der Waals surface area contributed by atoms with Crippen molar-refractivity contribution in [3.8, 4) is 0 Å². The number of aromatic nitrogens is 1. The molecule has 1 aliphatic heterocycles. The fraction of sp³-hybridized carbons (Fsp3) is 0.571. The monoisotopic (exact) mass is 281 g/mol. The van der Waals surface area contributed by atoms with Crippen molar-refractivity contribution in [3.63, 3.8) is 0 Å². The van der Waals surface area contributed by atoms with Gasteiger partial charge < -0.3 is 10.2 Å². The summed E-state index contributed by atoms with van der Waals surface area (Å²) in [6.07, 6.45) is 6.75. The molecule has 2 heterocycles. The lowest BCUT2D eigenvalue weighted by molar-refractivity contribution is 0.0948. The summed E-state index contributed by atoms with van der Waals surface area (Å²) < 4.78 is 0. The highest BCUT2D eigenvalue weighted by molar-refractivity contribution is 6.29. The Morgan fingerprint density at radius 3 is 2.74 bits per heavy atom. The van der Waals surface area contributed by atoms with E-state index < -0.39 is 0 Å². The Kier molecular flexibility index (Phi) is 5.61. The molecule has 1 amide bonds. The molecule has 0 saturated carbocycles. The lowest BCUT2D eigenvalue weighted by atomic mass is 10.2. The maximum absolute atomic E-state index is 11.9. The van der Waals surface area contributed by atoms with Gasteiger partial charge in [0, 0.05) is 24.8 Å². The van der Waals surface area contributed by atoms with Gasteiger partial charge in [0.05, 0.1) is 0 Å². The average Bonchev–Trinajstić information content (AvgIpc) is 2.67. The van der Waals surface area contributed by atoms with Crippen LogP contribution in [0.3, 0.4) is 0 Å². The summed E-state index contributed by atoms with van der Waals surface area (Å²) in [6, 6.07) is 3.26. The second-order valence-corrected chi connectivity index (χ2v) is 5.27. The number of hydrogen-bond donors (Lipinski definition) is 1. The molecule has 1 aromatic heterocycles. The van der Waals surface area contributed by atoms with Crippen molar-refractivity contribution >= 4 is 17.5 Å². The molecule has 0 aliphatic carbocycles. The number of amides is 1. The van der Waals surface area contributed by atoms with Crippen molar-refractivity contribution in [2.75, 3.05) is 26.2 Å². The number of rotatable bonds is 4. The van der Waals surface area contributed by atoms with E-state index in [1.54, 1.807) is 18.3 Å². The lowest BCUT2D eigenvalue weighted by Crippen LogP contribution is -2.35. The van der Waals surface area contributed by atoms with Gasteiger partial charge in [-0.15, -0.1) is 0 Å². The first-order valence-electron chi connectivity index (χ1n) is 6.88. The zero-order valence-electron chi connectivity index (χ0n) is 11.1. The van der Waals surface area contributed by atoms with Crippen LogP contribution >= 0.6 is 11.6 Å². The van der Waals surface area contributed by atoms with E-state index in [2.05, 4.69) is 15.2 Å². The molecule has 5 heteroatoms. The van der Waals surface area contributed by atoms with Crippen molar-refractivity contribution < 1.29 is 4.79 Å². The number of hydrogen-bond acceptors (Lipinski definition) is 3. The van der Waals surface area contributed by atoms with Crippen molar-refractivity contribution in [1.82, 2.24) is 15.2 Å². The van der Waals surface area contributed by atoms with Crippen LogP contribution in [0.5, 0.6) is 0 Å². The minimum Gasteiger partial charge on any atom is -0.351 e. The summed E-state index contributed by atoms with van der Waals surface area (Å²) in [4.78, 5) is 18.2. The maximum atomic E-state index is 11.9. The Morgan fingerprint density at radius 1 is 1.32 bits per heavy atom. The Bertz CT molecular complexity index is 417. The fourth-order valence-corrected chi connectivity index (χ4v) is 2.51. The van der Waals surface area contributed by atoms with Gasteiger partial charge >= 0.3 is 0 Å². The molecule has 0 radical (unpaired) electrons. The second kappa shape index (κ2) is 7.46. The molecule has 1 aromatic rings. The third-order valence-electron chi connectivity index (χ3n) is 3.40. The van der Waals surface area contributed by atoms with Gasteiger partial charge in [0.15, 0.2) is 0 Å². The van der Waals surface area contributed by atoms with Crippen LogP contribution in [0.25, 0.3) is 0 Å². The van der Waals surface area contributed by atoms with Gasteiger partial charge in [0.1, 0.15) is 5.15 Å². The highest BCUT2D eigenvalue weighted by Gasteiger charge is 2.10. The first-order valence-corrected chi connectivity index (χ1v) is 7.25. The fourth-order valence-electron chi connectivity index (χ4n) is 2.33. The van der Waals surface area contributed by atoms with Crippen molar-refractivity contribution in [1.29, 1.82) is 0 Å². The van der Waals surface area contributed by atoms with Gasteiger partial charge in [-0.1, -0.05) is 24.4 Å². The van der Waals surface area contributed by atoms with Crippen LogP contribution in [-0.4, -0.2) is 42.0 Å². The van der Waals surface area contributed by atoms with E-state index in [9.17, 15) is 4.79 Å². The van der Waals surface area contributed by atoms with Gasteiger partial charge in [-0.3, -0.25) is 4.79 Å². The summed E-state index contributed by atoms with van der Waals surface area (Å²) in [6.45, 7) is 3.90. The summed E-state index contributed by atoms with van der Waals surface area (Å²) in [5.41, 5.74) is 0.566. The molecule has 0 unspecified atom stereocenters. The molecule has 1 saturated heterocycles. The molecule has 0 aromatic carbocycles. The molecule has 1 aliphatic rings. The number of likely N-dealkylation sites (tertiary alicyclic amines) is 1. The molecule has 19 heavy (non-hydrogen) atoms. The second-order valence-electron chi connectivity index (χ2n) is 4.88. The molecule has 1 fully saturated rings. The van der Waals surface area contributed by atoms with Crippen molar-refractivity contribution in [2.45, 2.75) is 25.7 Å². The van der Waals surface area contributed by atoms with Crippen LogP contribution < -0.4 is 5.32 Å². The van der Waals surface area contributed by atoms with Gasteiger partial charge in [0.25, 0.3) is 5.91 Å². The van der Waals surface area contributed by atoms with E-state index in [0.29, 0.717) is 17.3 Å². The maximum Gasteiger partial charge on any atom is 0.251 e. The van der Waals surface area contributed by atoms with Crippen molar-refractivity contribution in [3.05, 3.63) is 29.0 Å². The SMILES string of the molecule is O=C(NCCN1CCCCCC1)c1ccnc(Cl)c1. The number of carbonyl (C=O) groups is 1. The molecule has 0 atom stereocenters. The van der Waals surface area contributed by atoms with Crippen molar-refractivity contribution in [2.24, 2.45) is 0 Å². The Balaban J connectivity index is 1.74. The Morgan fingerprint density at radius 2 is 2.05 bits per heavy atom. The summed E-state index contributed by atoms with van der Waals surface area (Å²) >= 11 is 5.76. The smallest absolute Gasteiger partial charge is 0.251 e. The normalized spacial score (nSPS) is 16.9. The van der Waals surface area contributed by atoms with Crippen LogP contribution in [0.4, 0.5) is 0 Å². The van der Waals surface area contributed by atoms with Crippen LogP contribution in [0.15, 0.2) is 18.3 Å². The molecule has 1 N–H and O–H groups in total. The average molecular weight is 282 g/mol. The molecular formula is C14H20ClN3O. The Labute approximate surface area is 119 Å². The van der Waals surface area contributed by atoms with Gasteiger partial charge in [-0.25, -0.2) is 4.98 Å². The number of carbonyl (C=O) groups excluding carboxylic acids is 1. The van der Waals surface area contributed by atoms with E-state index in [0.717, 1.165) is 19.6 Å². The van der Waals surface area contributed by atoms with E-state index in [1.165, 1.54) is 25.7 Å². The minimum atomic E-state index is -0.0841. The number of pyridine rings is 1. The first kappa shape index (κ1) is 14.3. The molecule has 0 bridgehead atoms. The number of halogens is 1. The van der Waals surface area contributed by atoms with Gasteiger partial charge in [-0.05, 0) is 38.1 Å². The third kappa shape index (κ3) is 4.80. The predicted octanol–water partition coefficient (Wildman–Crippen LogP) is 2.34. The molecule has 104 valence electrons. The van der Waals surface area contributed by atoms with E-state index >= 15 is 0 Å². The molecule has 4 nitrogen and oxygen atoms in total. The topological polar surface area (TPSA) is 45.2 Å². The van der Waals surface area contributed by atoms with Gasteiger partial charge in [-0.2, -0.15) is 0 Å². The molecular weight excluding hydrogens is 262 g/mol. The lowest BCUT2D eigenvalue weighted by Gasteiger charge is -2.19. The van der Waals surface area contributed by atoms with Gasteiger partial charge in [0.2, 0.25) is 0 Å². The number of nitrogens with one attached hydrogen (secondary N) is 1. The molecule has 2 rings (SSSR count). The largest absolute Gasteiger partial charge is 0.351 e. The third-order valence-corrected chi connectivity index (χ3v) is 3.61. The van der Waals surface area contributed by atoms with E-state index in [1.807, 2.05) is 0 Å². The van der Waals surface area contributed by atoms with Crippen LogP contribution in [0.2, 0.25) is 5.15 Å². The number of nitrogens with zero attached hydrogens (tertiary/aromatic N) is 2. The summed E-state index contributed by atoms with van der Waals surface area (Å²) in [7, 11) is 0. The highest BCUT2D eigenvalue weighted by Crippen LogP contribution is 2.09. The quantitative estimate of drug-likeness (QED) is 0.862. The van der Waals surface area contributed by atoms with Crippen LogP contribution in [0, 0.1) is 0 Å². The predicted molar refractivity (Wildman–Crippen MR) is 76.5 cm³/mol. The highest BCUT2D eigenvalue weighted by atomic mass is 35.5. The van der Waals surface area contributed by atoms with Crippen LogP contribution in [0.1, 0.15) is 36.0 Å². The zero-order valence-corrected chi connectivity index (χ0v) is 11.8. The standard InChI is InChI=1S/C14H20ClN3O/c15-13-11-12(5-6-16-13)14(19)17-7-10-18-8-3-1-2-4-9-18/h5-6,11H,1-4,7-10H2,(H,17,19). The van der Waals surface area contributed by atoms with Crippen LogP contribution in [-0.2, 0) is 0 Å². The Hall–Kier alpha value is -1.13. The van der Waals surface area contributed by atoms with E-state index in [4.69, 9.17) is 11.6 Å². The first-order chi connectivity index (χ1) is 9.25. The summed E-state index contributed by atoms with van der Waals surface area (Å²) in [5, 5.41) is 3.27. The zero-order chi connectivity index (χ0) is 13.5.